The number of aromatic nitrogens is 10. The van der Waals surface area contributed by atoms with Gasteiger partial charge in [0.05, 0.1) is 71.5 Å². The van der Waals surface area contributed by atoms with Crippen LogP contribution in [-0.4, -0.2) is 74.3 Å². The van der Waals surface area contributed by atoms with Gasteiger partial charge in [-0.05, 0) is 122 Å². The highest BCUT2D eigenvalue weighted by atomic mass is 35.5. The van der Waals surface area contributed by atoms with E-state index in [1.54, 1.807) is 76.1 Å². The molecule has 6 aromatic heterocycles. The molecule has 79 heavy (non-hydrogen) atoms. The van der Waals surface area contributed by atoms with Crippen LogP contribution in [0.3, 0.4) is 0 Å². The van der Waals surface area contributed by atoms with Crippen molar-refractivity contribution in [2.45, 2.75) is 39.8 Å². The highest BCUT2D eigenvalue weighted by Crippen LogP contribution is 2.29. The standard InChI is InChI=1S/C30H25N7O2.C22H19N7.C8H7ClO2/c1-2-24-10-7-11-25(32-24)18-37-19-28(35-36-37)23-15-27(22-9-6-8-21(14-22)17-31)33-29(16-23)34-30(38)20-39-26-12-4-3-5-13-26;1-2-18-7-4-8-19(25-18)13-29-14-21(27-28-29)17-10-20(26-22(24)11-17)16-6-3-5-15(9-16)12-23;9-8(10)6-11-7-4-2-1-3-5-7/h3-16,19H,2,18,20H2,1H3,(H,33,34,38);3-11,14H,2,13H2,1H3,(H2,24,26);1-5H,6H2. The first-order valence-corrected chi connectivity index (χ1v) is 25.3. The first kappa shape index (κ1) is 54.8. The van der Waals surface area contributed by atoms with E-state index in [2.05, 4.69) is 71.9 Å². The monoisotopic (exact) mass is 1070 g/mol. The lowest BCUT2D eigenvalue weighted by Crippen LogP contribution is -2.21. The van der Waals surface area contributed by atoms with E-state index in [0.29, 0.717) is 75.7 Å². The number of carbonyl (C=O) groups is 2. The van der Waals surface area contributed by atoms with Gasteiger partial charge in [-0.1, -0.05) is 97.1 Å². The zero-order valence-corrected chi connectivity index (χ0v) is 43.8. The molecule has 0 bridgehead atoms. The lowest BCUT2D eigenvalue weighted by molar-refractivity contribution is -0.118. The first-order chi connectivity index (χ1) is 38.5. The van der Waals surface area contributed by atoms with Crippen molar-refractivity contribution in [1.82, 2.24) is 49.9 Å². The fourth-order valence-electron chi connectivity index (χ4n) is 7.71. The SMILES string of the molecule is CCc1cccc(Cn2cc(-c3cc(N)nc(-c4cccc(C#N)c4)c3)nn2)n1.CCc1cccc(Cn2cc(-c3cc(NC(=O)COc4ccccc4)nc(-c4cccc(C#N)c4)c3)nn2)n1.O=C(Cl)COc1ccccc1. The Bertz CT molecular complexity index is 3760. The smallest absolute Gasteiger partial charge is 0.263 e. The molecule has 6 heterocycles. The molecule has 0 saturated heterocycles. The molecular weight excluding hydrogens is 1020 g/mol. The zero-order chi connectivity index (χ0) is 55.3. The summed E-state index contributed by atoms with van der Waals surface area (Å²) in [6.45, 7) is 4.91. The number of carbonyl (C=O) groups excluding carboxylic acids is 2. The van der Waals surface area contributed by atoms with Crippen molar-refractivity contribution in [3.8, 4) is 68.7 Å². The largest absolute Gasteiger partial charge is 0.484 e. The van der Waals surface area contributed by atoms with Gasteiger partial charge in [-0.15, -0.1) is 10.2 Å². The van der Waals surface area contributed by atoms with E-state index in [0.717, 1.165) is 52.3 Å². The summed E-state index contributed by atoms with van der Waals surface area (Å²) in [6, 6.07) is 56.0. The van der Waals surface area contributed by atoms with Gasteiger partial charge >= 0.3 is 0 Å². The molecule has 4 aromatic carbocycles. The van der Waals surface area contributed by atoms with Crippen molar-refractivity contribution in [3.05, 3.63) is 216 Å². The average molecular weight is 1070 g/mol. The fraction of sp³-hybridized carbons (Fsp3) is 0.133. The van der Waals surface area contributed by atoms with Crippen LogP contribution in [0.4, 0.5) is 11.6 Å². The van der Waals surface area contributed by atoms with Gasteiger partial charge in [0.2, 0.25) is 0 Å². The molecule has 10 aromatic rings. The van der Waals surface area contributed by atoms with Crippen molar-refractivity contribution in [2.75, 3.05) is 24.3 Å². The third-order valence-electron chi connectivity index (χ3n) is 11.5. The van der Waals surface area contributed by atoms with Gasteiger partial charge in [-0.3, -0.25) is 19.6 Å². The minimum Gasteiger partial charge on any atom is -0.484 e. The van der Waals surface area contributed by atoms with Crippen molar-refractivity contribution in [2.24, 2.45) is 0 Å². The van der Waals surface area contributed by atoms with Gasteiger partial charge in [0.25, 0.3) is 11.1 Å². The lowest BCUT2D eigenvalue weighted by atomic mass is 10.1. The second-order valence-electron chi connectivity index (χ2n) is 17.3. The van der Waals surface area contributed by atoms with Crippen molar-refractivity contribution in [1.29, 1.82) is 10.5 Å². The number of nitrogen functional groups attached to an aromatic ring is 1. The van der Waals surface area contributed by atoms with Crippen molar-refractivity contribution in [3.63, 3.8) is 0 Å². The Morgan fingerprint density at radius 3 is 1.49 bits per heavy atom. The number of ether oxygens (including phenoxy) is 2. The molecule has 0 spiro atoms. The molecule has 0 aliphatic heterocycles. The number of benzene rings is 4. The van der Waals surface area contributed by atoms with E-state index >= 15 is 0 Å². The van der Waals surface area contributed by atoms with E-state index in [1.807, 2.05) is 116 Å². The van der Waals surface area contributed by atoms with Crippen LogP contribution in [0.15, 0.2) is 182 Å². The van der Waals surface area contributed by atoms with Crippen LogP contribution in [0.2, 0.25) is 0 Å². The topological polar surface area (TPSA) is 251 Å². The van der Waals surface area contributed by atoms with Gasteiger partial charge in [-0.2, -0.15) is 10.5 Å². The maximum atomic E-state index is 12.7. The Hall–Kier alpha value is -10.4. The number of hydrogen-bond acceptors (Lipinski definition) is 15. The molecule has 1 amide bonds. The van der Waals surface area contributed by atoms with Crippen molar-refractivity contribution < 1.29 is 19.1 Å². The first-order valence-electron chi connectivity index (χ1n) is 24.9. The van der Waals surface area contributed by atoms with Crippen LogP contribution < -0.4 is 20.5 Å². The summed E-state index contributed by atoms with van der Waals surface area (Å²) in [7, 11) is 0. The summed E-state index contributed by atoms with van der Waals surface area (Å²) in [4.78, 5) is 41.2. The number of rotatable bonds is 17. The summed E-state index contributed by atoms with van der Waals surface area (Å²) >= 11 is 5.06. The number of nitriles is 2. The number of aryl methyl sites for hydroxylation is 2. The van der Waals surface area contributed by atoms with E-state index in [-0.39, 0.29) is 19.1 Å². The second kappa shape index (κ2) is 27.4. The average Bonchev–Trinajstić information content (AvgIpc) is 4.18. The summed E-state index contributed by atoms with van der Waals surface area (Å²) < 4.78 is 14.0. The normalized spacial score (nSPS) is 10.4. The molecule has 19 heteroatoms. The van der Waals surface area contributed by atoms with Gasteiger partial charge in [0.15, 0.2) is 13.2 Å². The molecule has 0 radical (unpaired) electrons. The highest BCUT2D eigenvalue weighted by Gasteiger charge is 2.15. The summed E-state index contributed by atoms with van der Waals surface area (Å²) in [5, 5.41) is 38.0. The van der Waals surface area contributed by atoms with Crippen LogP contribution >= 0.6 is 11.6 Å². The molecule has 0 aliphatic rings. The molecular formula is C60H51ClN14O4. The van der Waals surface area contributed by atoms with Crippen LogP contribution in [0, 0.1) is 22.7 Å². The van der Waals surface area contributed by atoms with E-state index in [9.17, 15) is 14.9 Å². The second-order valence-corrected chi connectivity index (χ2v) is 17.8. The van der Waals surface area contributed by atoms with Gasteiger partial charge in [-0.25, -0.2) is 19.3 Å². The third-order valence-corrected chi connectivity index (χ3v) is 11.6. The van der Waals surface area contributed by atoms with Gasteiger partial charge in [0, 0.05) is 33.6 Å². The molecule has 0 unspecified atom stereocenters. The molecule has 10 rings (SSSR count). The number of halogens is 1. The number of amides is 1. The minimum absolute atomic E-state index is 0.0778. The highest BCUT2D eigenvalue weighted by molar-refractivity contribution is 6.63. The quantitative estimate of drug-likeness (QED) is 0.0805. The Kier molecular flexibility index (Phi) is 19.0. The Morgan fingerprint density at radius 2 is 1.00 bits per heavy atom. The maximum Gasteiger partial charge on any atom is 0.263 e. The molecule has 0 atom stereocenters. The summed E-state index contributed by atoms with van der Waals surface area (Å²) in [5.41, 5.74) is 16.7. The van der Waals surface area contributed by atoms with E-state index in [1.165, 1.54) is 0 Å². The zero-order valence-electron chi connectivity index (χ0n) is 43.0. The minimum atomic E-state index is -0.492. The number of para-hydroxylation sites is 2. The number of nitrogens with two attached hydrogens (primary N) is 1. The Morgan fingerprint density at radius 1 is 0.532 bits per heavy atom. The van der Waals surface area contributed by atoms with Crippen LogP contribution in [0.1, 0.15) is 47.8 Å². The Labute approximate surface area is 460 Å². The van der Waals surface area contributed by atoms with Gasteiger partial charge in [0.1, 0.15) is 34.5 Å². The van der Waals surface area contributed by atoms with Gasteiger partial charge < -0.3 is 20.5 Å². The third kappa shape index (κ3) is 16.3. The van der Waals surface area contributed by atoms with Crippen LogP contribution in [0.25, 0.3) is 45.0 Å². The predicted octanol–water partition coefficient (Wildman–Crippen LogP) is 10.2. The summed E-state index contributed by atoms with van der Waals surface area (Å²) in [6.07, 6.45) is 5.44. The van der Waals surface area contributed by atoms with E-state index in [4.69, 9.17) is 32.1 Å². The molecule has 18 nitrogen and oxygen atoms in total. The Balaban J connectivity index is 0.000000179. The molecule has 0 aliphatic carbocycles. The molecule has 392 valence electrons. The molecule has 3 N–H and O–H groups in total. The number of anilines is 2. The number of nitrogens with zero attached hydrogens (tertiary/aromatic N) is 12. The summed E-state index contributed by atoms with van der Waals surface area (Å²) in [5.74, 6) is 1.61. The van der Waals surface area contributed by atoms with Crippen LogP contribution in [-0.2, 0) is 35.5 Å². The molecule has 0 fully saturated rings. The number of nitrogens with one attached hydrogen (secondary N) is 1. The number of hydrogen-bond donors (Lipinski definition) is 2. The maximum absolute atomic E-state index is 12.7. The van der Waals surface area contributed by atoms with E-state index < -0.39 is 5.24 Å². The molecule has 0 saturated carbocycles. The van der Waals surface area contributed by atoms with Crippen LogP contribution in [0.5, 0.6) is 11.5 Å². The lowest BCUT2D eigenvalue weighted by Gasteiger charge is -2.10. The fourth-order valence-corrected chi connectivity index (χ4v) is 7.77. The van der Waals surface area contributed by atoms with Crippen molar-refractivity contribution >= 4 is 34.4 Å². The number of pyridine rings is 4. The predicted molar refractivity (Wildman–Crippen MR) is 300 cm³/mol.